The van der Waals surface area contributed by atoms with Crippen molar-refractivity contribution in [1.29, 1.82) is 5.26 Å². The Hall–Kier alpha value is -3.87. The van der Waals surface area contributed by atoms with Crippen molar-refractivity contribution in [2.24, 2.45) is 0 Å². The number of nitrogen functional groups attached to an aromatic ring is 1. The second kappa shape index (κ2) is 7.92. The maximum atomic E-state index is 9.16. The maximum absolute atomic E-state index is 9.16. The molecule has 0 saturated heterocycles. The van der Waals surface area contributed by atoms with Crippen LogP contribution in [0, 0.1) is 11.3 Å². The molecular formula is C30H25N3. The zero-order chi connectivity index (χ0) is 22.4. The molecule has 0 fully saturated rings. The van der Waals surface area contributed by atoms with Gasteiger partial charge < -0.3 is 5.73 Å². The summed E-state index contributed by atoms with van der Waals surface area (Å²) in [5.74, 6) is 0. The molecule has 0 unspecified atom stereocenters. The van der Waals surface area contributed by atoms with E-state index in [-0.39, 0.29) is 0 Å². The Morgan fingerprint density at radius 2 is 1.70 bits per heavy atom. The first kappa shape index (κ1) is 19.8. The minimum atomic E-state index is 0.726. The second-order valence-electron chi connectivity index (χ2n) is 9.14. The van der Waals surface area contributed by atoms with Crippen LogP contribution in [0.15, 0.2) is 78.9 Å². The molecule has 0 atom stereocenters. The van der Waals surface area contributed by atoms with Gasteiger partial charge in [-0.15, -0.1) is 0 Å². The highest BCUT2D eigenvalue weighted by molar-refractivity contribution is 5.89. The third-order valence-electron chi connectivity index (χ3n) is 7.10. The number of nitrogens with zero attached hydrogens (tertiary/aromatic N) is 2. The van der Waals surface area contributed by atoms with E-state index in [1.165, 1.54) is 44.5 Å². The van der Waals surface area contributed by atoms with Crippen LogP contribution in [0.4, 0.5) is 5.69 Å². The molecule has 0 aromatic heterocycles. The van der Waals surface area contributed by atoms with Crippen LogP contribution in [-0.4, -0.2) is 11.4 Å². The molecule has 0 saturated carbocycles. The second-order valence-corrected chi connectivity index (χ2v) is 9.14. The lowest BCUT2D eigenvalue weighted by Crippen LogP contribution is -2.30. The average Bonchev–Trinajstić information content (AvgIpc) is 3.24. The highest BCUT2D eigenvalue weighted by Gasteiger charge is 2.23. The Morgan fingerprint density at radius 1 is 0.818 bits per heavy atom. The predicted octanol–water partition coefficient (Wildman–Crippen LogP) is 5.94. The normalized spacial score (nSPS) is 14.3. The van der Waals surface area contributed by atoms with Crippen LogP contribution in [-0.2, 0) is 25.9 Å². The summed E-state index contributed by atoms with van der Waals surface area (Å²) in [6.45, 7) is 2.82. The number of hydrogen-bond donors (Lipinski definition) is 1. The number of nitrogens with two attached hydrogens (primary N) is 1. The van der Waals surface area contributed by atoms with E-state index >= 15 is 0 Å². The van der Waals surface area contributed by atoms with Crippen LogP contribution in [0.5, 0.6) is 0 Å². The molecule has 1 heterocycles. The van der Waals surface area contributed by atoms with Gasteiger partial charge in [0.25, 0.3) is 0 Å². The number of rotatable bonds is 3. The largest absolute Gasteiger partial charge is 0.398 e. The summed E-state index contributed by atoms with van der Waals surface area (Å²) >= 11 is 0. The smallest absolute Gasteiger partial charge is 0.0991 e. The first-order valence-electron chi connectivity index (χ1n) is 11.5. The molecular weight excluding hydrogens is 402 g/mol. The fraction of sp³-hybridized carbons (Fsp3) is 0.167. The van der Waals surface area contributed by atoms with Crippen molar-refractivity contribution in [3.8, 4) is 28.3 Å². The molecule has 0 amide bonds. The molecule has 3 nitrogen and oxygen atoms in total. The van der Waals surface area contributed by atoms with Crippen molar-refractivity contribution >= 4 is 5.69 Å². The predicted molar refractivity (Wildman–Crippen MR) is 134 cm³/mol. The van der Waals surface area contributed by atoms with Gasteiger partial charge in [-0.3, -0.25) is 4.90 Å². The van der Waals surface area contributed by atoms with E-state index in [1.54, 1.807) is 0 Å². The Bertz CT molecular complexity index is 1430. The van der Waals surface area contributed by atoms with Crippen molar-refractivity contribution in [3.05, 3.63) is 112 Å². The van der Waals surface area contributed by atoms with Crippen molar-refractivity contribution in [2.45, 2.75) is 25.9 Å². The molecule has 6 rings (SSSR count). The highest BCUT2D eigenvalue weighted by Crippen LogP contribution is 2.43. The number of benzene rings is 4. The van der Waals surface area contributed by atoms with Gasteiger partial charge in [0.05, 0.1) is 11.6 Å². The lowest BCUT2D eigenvalue weighted by atomic mass is 9.91. The van der Waals surface area contributed by atoms with Crippen LogP contribution in [0.2, 0.25) is 0 Å². The fourth-order valence-electron chi connectivity index (χ4n) is 5.40. The molecule has 2 N–H and O–H groups in total. The van der Waals surface area contributed by atoms with E-state index in [2.05, 4.69) is 71.6 Å². The standard InChI is InChI=1S/C30H25N3/c31-17-20-4-3-5-21(14-20)18-33-13-12-22-15-24(8-9-25(22)19-33)27-10-11-28-26-7-2-1-6-23(26)16-29(28)30(27)32/h1-11,14-15H,12-13,16,18-19,32H2. The van der Waals surface area contributed by atoms with E-state index < -0.39 is 0 Å². The topological polar surface area (TPSA) is 53.0 Å². The van der Waals surface area contributed by atoms with Gasteiger partial charge >= 0.3 is 0 Å². The molecule has 1 aliphatic heterocycles. The monoisotopic (exact) mass is 427 g/mol. The van der Waals surface area contributed by atoms with Gasteiger partial charge in [0.2, 0.25) is 0 Å². The molecule has 0 bridgehead atoms. The molecule has 0 radical (unpaired) electrons. The highest BCUT2D eigenvalue weighted by atomic mass is 15.1. The first-order valence-corrected chi connectivity index (χ1v) is 11.5. The molecule has 2 aliphatic rings. The van der Waals surface area contributed by atoms with Crippen molar-refractivity contribution in [3.63, 3.8) is 0 Å². The van der Waals surface area contributed by atoms with Gasteiger partial charge in [-0.2, -0.15) is 5.26 Å². The Morgan fingerprint density at radius 3 is 2.61 bits per heavy atom. The Kier molecular flexibility index (Phi) is 4.75. The number of nitriles is 1. The van der Waals surface area contributed by atoms with Crippen LogP contribution >= 0.6 is 0 Å². The number of anilines is 1. The van der Waals surface area contributed by atoms with Gasteiger partial charge in [-0.1, -0.05) is 66.7 Å². The van der Waals surface area contributed by atoms with Gasteiger partial charge in [0.15, 0.2) is 0 Å². The summed E-state index contributed by atoms with van der Waals surface area (Å²) in [5, 5.41) is 9.16. The van der Waals surface area contributed by atoms with Crippen molar-refractivity contribution < 1.29 is 0 Å². The van der Waals surface area contributed by atoms with Crippen LogP contribution in [0.3, 0.4) is 0 Å². The molecule has 3 heteroatoms. The van der Waals surface area contributed by atoms with Crippen molar-refractivity contribution in [2.75, 3.05) is 12.3 Å². The fourth-order valence-corrected chi connectivity index (χ4v) is 5.40. The summed E-state index contributed by atoms with van der Waals surface area (Å²) in [5.41, 5.74) is 19.9. The van der Waals surface area contributed by atoms with E-state index in [0.717, 1.165) is 49.3 Å². The molecule has 0 spiro atoms. The molecule has 33 heavy (non-hydrogen) atoms. The Balaban J connectivity index is 1.25. The first-order chi connectivity index (χ1) is 16.2. The third-order valence-corrected chi connectivity index (χ3v) is 7.10. The quantitative estimate of drug-likeness (QED) is 0.363. The van der Waals surface area contributed by atoms with E-state index in [0.29, 0.717) is 0 Å². The zero-order valence-corrected chi connectivity index (χ0v) is 18.5. The summed E-state index contributed by atoms with van der Waals surface area (Å²) in [6.07, 6.45) is 1.94. The van der Waals surface area contributed by atoms with E-state index in [9.17, 15) is 0 Å². The van der Waals surface area contributed by atoms with Gasteiger partial charge in [-0.05, 0) is 63.1 Å². The minimum absolute atomic E-state index is 0.726. The van der Waals surface area contributed by atoms with Crippen LogP contribution < -0.4 is 5.73 Å². The van der Waals surface area contributed by atoms with Crippen LogP contribution in [0.25, 0.3) is 22.3 Å². The molecule has 4 aromatic carbocycles. The average molecular weight is 428 g/mol. The molecule has 1 aliphatic carbocycles. The zero-order valence-electron chi connectivity index (χ0n) is 18.5. The van der Waals surface area contributed by atoms with Gasteiger partial charge in [0.1, 0.15) is 0 Å². The summed E-state index contributed by atoms with van der Waals surface area (Å²) in [6, 6.07) is 30.0. The van der Waals surface area contributed by atoms with Gasteiger partial charge in [0, 0.05) is 37.3 Å². The summed E-state index contributed by atoms with van der Waals surface area (Å²) < 4.78 is 0. The maximum Gasteiger partial charge on any atom is 0.0991 e. The van der Waals surface area contributed by atoms with E-state index in [4.69, 9.17) is 11.0 Å². The Labute approximate surface area is 194 Å². The summed E-state index contributed by atoms with van der Waals surface area (Å²) in [7, 11) is 0. The van der Waals surface area contributed by atoms with E-state index in [1.807, 2.05) is 18.2 Å². The molecule has 160 valence electrons. The van der Waals surface area contributed by atoms with Gasteiger partial charge in [-0.25, -0.2) is 0 Å². The lowest BCUT2D eigenvalue weighted by molar-refractivity contribution is 0.245. The number of hydrogen-bond acceptors (Lipinski definition) is 3. The van der Waals surface area contributed by atoms with Crippen LogP contribution in [0.1, 0.15) is 33.4 Å². The molecule has 4 aromatic rings. The number of fused-ring (bicyclic) bond motifs is 4. The SMILES string of the molecule is N#Cc1cccc(CN2CCc3cc(-c4ccc5c(c4N)Cc4ccccc4-5)ccc3C2)c1. The lowest BCUT2D eigenvalue weighted by Gasteiger charge is -2.29. The summed E-state index contributed by atoms with van der Waals surface area (Å²) in [4.78, 5) is 2.46. The third kappa shape index (κ3) is 3.50. The minimum Gasteiger partial charge on any atom is -0.398 e. The van der Waals surface area contributed by atoms with Crippen molar-refractivity contribution in [1.82, 2.24) is 4.90 Å².